The molecule has 0 radical (unpaired) electrons. The van der Waals surface area contributed by atoms with E-state index in [0.717, 1.165) is 41.7 Å². The second-order valence-corrected chi connectivity index (χ2v) is 7.39. The molecule has 1 fully saturated rings. The van der Waals surface area contributed by atoms with Gasteiger partial charge in [0.2, 0.25) is 0 Å². The molecule has 1 atom stereocenters. The van der Waals surface area contributed by atoms with Crippen LogP contribution in [-0.2, 0) is 0 Å². The Bertz CT molecular complexity index is 782. The summed E-state index contributed by atoms with van der Waals surface area (Å²) in [5.41, 5.74) is 2.22. The van der Waals surface area contributed by atoms with Crippen LogP contribution >= 0.6 is 24.0 Å². The maximum Gasteiger partial charge on any atom is 0.173 e. The van der Waals surface area contributed by atoms with Crippen molar-refractivity contribution in [2.24, 2.45) is 0 Å². The van der Waals surface area contributed by atoms with Gasteiger partial charge in [0.15, 0.2) is 16.6 Å². The standard InChI is InChI=1S/C20H24N2O2S2/c1-23-18-10-9-14(12-19(18)24-2)17-8-5-11-22(17)20(25)21-15-6-4-7-16(13-15)26-3/h4,6-7,9-10,12-13,17H,5,8,11H2,1-3H3,(H,21,25)/t17-/m0/s1. The van der Waals surface area contributed by atoms with Crippen LogP contribution in [0.2, 0.25) is 0 Å². The number of anilines is 1. The molecular weight excluding hydrogens is 364 g/mol. The number of rotatable bonds is 5. The maximum absolute atomic E-state index is 5.71. The minimum Gasteiger partial charge on any atom is -0.493 e. The Morgan fingerprint density at radius 2 is 1.96 bits per heavy atom. The minimum absolute atomic E-state index is 0.249. The van der Waals surface area contributed by atoms with E-state index in [1.807, 2.05) is 18.2 Å². The molecule has 3 rings (SSSR count). The summed E-state index contributed by atoms with van der Waals surface area (Å²) in [6.45, 7) is 0.951. The molecule has 0 saturated carbocycles. The van der Waals surface area contributed by atoms with Crippen LogP contribution in [0.25, 0.3) is 0 Å². The van der Waals surface area contributed by atoms with Crippen molar-refractivity contribution in [2.75, 3.05) is 32.3 Å². The van der Waals surface area contributed by atoms with Crippen molar-refractivity contribution in [1.82, 2.24) is 4.90 Å². The zero-order chi connectivity index (χ0) is 18.5. The van der Waals surface area contributed by atoms with Gasteiger partial charge in [0.25, 0.3) is 0 Å². The molecule has 1 aliphatic heterocycles. The average molecular weight is 389 g/mol. The Kier molecular flexibility index (Phi) is 6.27. The van der Waals surface area contributed by atoms with E-state index in [9.17, 15) is 0 Å². The van der Waals surface area contributed by atoms with Gasteiger partial charge in [-0.2, -0.15) is 0 Å². The van der Waals surface area contributed by atoms with Gasteiger partial charge in [-0.25, -0.2) is 0 Å². The van der Waals surface area contributed by atoms with Gasteiger partial charge in [-0.05, 0) is 67.2 Å². The summed E-state index contributed by atoms with van der Waals surface area (Å²) >= 11 is 7.44. The highest BCUT2D eigenvalue weighted by Crippen LogP contribution is 2.37. The van der Waals surface area contributed by atoms with Crippen molar-refractivity contribution < 1.29 is 9.47 Å². The molecule has 138 valence electrons. The topological polar surface area (TPSA) is 33.7 Å². The molecule has 0 aliphatic carbocycles. The van der Waals surface area contributed by atoms with Crippen LogP contribution in [0.4, 0.5) is 5.69 Å². The lowest BCUT2D eigenvalue weighted by Gasteiger charge is -2.28. The molecule has 0 spiro atoms. The summed E-state index contributed by atoms with van der Waals surface area (Å²) in [6.07, 6.45) is 4.26. The van der Waals surface area contributed by atoms with Gasteiger partial charge in [0, 0.05) is 17.1 Å². The summed E-state index contributed by atoms with van der Waals surface area (Å²) in [4.78, 5) is 3.48. The highest BCUT2D eigenvalue weighted by atomic mass is 32.2. The van der Waals surface area contributed by atoms with Crippen molar-refractivity contribution in [3.8, 4) is 11.5 Å². The van der Waals surface area contributed by atoms with Crippen LogP contribution < -0.4 is 14.8 Å². The average Bonchev–Trinajstić information content (AvgIpc) is 3.17. The largest absolute Gasteiger partial charge is 0.493 e. The highest BCUT2D eigenvalue weighted by molar-refractivity contribution is 7.98. The maximum atomic E-state index is 5.71. The first-order chi connectivity index (χ1) is 12.7. The first-order valence-corrected chi connectivity index (χ1v) is 10.2. The van der Waals surface area contributed by atoms with Gasteiger partial charge in [0.1, 0.15) is 0 Å². The molecule has 1 saturated heterocycles. The molecule has 2 aromatic rings. The fraction of sp³-hybridized carbons (Fsp3) is 0.350. The van der Waals surface area contributed by atoms with E-state index in [4.69, 9.17) is 21.7 Å². The van der Waals surface area contributed by atoms with Crippen molar-refractivity contribution in [1.29, 1.82) is 0 Å². The molecule has 4 nitrogen and oxygen atoms in total. The molecule has 1 N–H and O–H groups in total. The molecule has 26 heavy (non-hydrogen) atoms. The third kappa shape index (κ3) is 4.07. The Balaban J connectivity index is 1.78. The summed E-state index contributed by atoms with van der Waals surface area (Å²) in [7, 11) is 3.32. The second-order valence-electron chi connectivity index (χ2n) is 6.13. The quantitative estimate of drug-likeness (QED) is 0.576. The van der Waals surface area contributed by atoms with E-state index in [1.165, 1.54) is 10.5 Å². The number of likely N-dealkylation sites (tertiary alicyclic amines) is 1. The van der Waals surface area contributed by atoms with Crippen LogP contribution in [0, 0.1) is 0 Å². The van der Waals surface area contributed by atoms with Crippen molar-refractivity contribution in [3.05, 3.63) is 48.0 Å². The molecule has 0 aromatic heterocycles. The summed E-state index contributed by atoms with van der Waals surface area (Å²) in [5, 5.41) is 4.16. The van der Waals surface area contributed by atoms with Crippen LogP contribution in [0.1, 0.15) is 24.4 Å². The fourth-order valence-electron chi connectivity index (χ4n) is 3.31. The number of nitrogens with one attached hydrogen (secondary N) is 1. The normalized spacial score (nSPS) is 16.4. The van der Waals surface area contributed by atoms with E-state index >= 15 is 0 Å². The minimum atomic E-state index is 0.249. The molecule has 0 bridgehead atoms. The monoisotopic (exact) mass is 388 g/mol. The van der Waals surface area contributed by atoms with Crippen molar-refractivity contribution >= 4 is 34.8 Å². The SMILES string of the molecule is COc1ccc([C@@H]2CCCN2C(=S)Nc2cccc(SC)c2)cc1OC. The first kappa shape index (κ1) is 18.9. The van der Waals surface area contributed by atoms with Crippen LogP contribution in [0.5, 0.6) is 11.5 Å². The molecule has 0 amide bonds. The zero-order valence-corrected chi connectivity index (χ0v) is 17.0. The molecule has 6 heteroatoms. The van der Waals surface area contributed by atoms with Crippen molar-refractivity contribution in [3.63, 3.8) is 0 Å². The molecule has 1 aliphatic rings. The molecule has 2 aromatic carbocycles. The first-order valence-electron chi connectivity index (χ1n) is 8.60. The van der Waals surface area contributed by atoms with Crippen LogP contribution in [0.15, 0.2) is 47.4 Å². The Hall–Kier alpha value is -1.92. The zero-order valence-electron chi connectivity index (χ0n) is 15.3. The van der Waals surface area contributed by atoms with E-state index < -0.39 is 0 Å². The summed E-state index contributed by atoms with van der Waals surface area (Å²) in [5.74, 6) is 1.50. The van der Waals surface area contributed by atoms with Gasteiger partial charge < -0.3 is 19.7 Å². The number of thiocarbonyl (C=S) groups is 1. The molecular formula is C20H24N2O2S2. The smallest absolute Gasteiger partial charge is 0.173 e. The Morgan fingerprint density at radius 1 is 1.15 bits per heavy atom. The lowest BCUT2D eigenvalue weighted by atomic mass is 10.0. The molecule has 0 unspecified atom stereocenters. The molecule has 1 heterocycles. The van der Waals surface area contributed by atoms with Crippen LogP contribution in [-0.4, -0.2) is 37.0 Å². The van der Waals surface area contributed by atoms with Gasteiger partial charge in [-0.3, -0.25) is 0 Å². The fourth-order valence-corrected chi connectivity index (χ4v) is 4.11. The van der Waals surface area contributed by atoms with Crippen molar-refractivity contribution in [2.45, 2.75) is 23.8 Å². The third-order valence-electron chi connectivity index (χ3n) is 4.63. The summed E-state index contributed by atoms with van der Waals surface area (Å²) in [6, 6.07) is 14.7. The summed E-state index contributed by atoms with van der Waals surface area (Å²) < 4.78 is 10.8. The third-order valence-corrected chi connectivity index (χ3v) is 5.69. The van der Waals surface area contributed by atoms with Crippen LogP contribution in [0.3, 0.4) is 0 Å². The lowest BCUT2D eigenvalue weighted by molar-refractivity contribution is 0.351. The van der Waals surface area contributed by atoms with E-state index in [1.54, 1.807) is 26.0 Å². The highest BCUT2D eigenvalue weighted by Gasteiger charge is 2.28. The van der Waals surface area contributed by atoms with E-state index in [2.05, 4.69) is 40.7 Å². The number of ether oxygens (including phenoxy) is 2. The number of thioether (sulfide) groups is 1. The Labute approximate surface area is 164 Å². The van der Waals surface area contributed by atoms with Gasteiger partial charge in [0.05, 0.1) is 20.3 Å². The predicted octanol–water partition coefficient (Wildman–Crippen LogP) is 4.96. The predicted molar refractivity (Wildman–Crippen MR) is 113 cm³/mol. The second kappa shape index (κ2) is 8.64. The number of benzene rings is 2. The van der Waals surface area contributed by atoms with E-state index in [-0.39, 0.29) is 6.04 Å². The number of nitrogens with zero attached hydrogens (tertiary/aromatic N) is 1. The number of hydrogen-bond donors (Lipinski definition) is 1. The lowest BCUT2D eigenvalue weighted by Crippen LogP contribution is -2.34. The van der Waals surface area contributed by atoms with Gasteiger partial charge >= 0.3 is 0 Å². The number of hydrogen-bond acceptors (Lipinski definition) is 4. The van der Waals surface area contributed by atoms with Gasteiger partial charge in [-0.1, -0.05) is 12.1 Å². The Morgan fingerprint density at radius 3 is 2.69 bits per heavy atom. The van der Waals surface area contributed by atoms with Gasteiger partial charge in [-0.15, -0.1) is 11.8 Å². The van der Waals surface area contributed by atoms with E-state index in [0.29, 0.717) is 0 Å². The number of methoxy groups -OCH3 is 2.